The van der Waals surface area contributed by atoms with Gasteiger partial charge in [0.2, 0.25) is 0 Å². The number of rotatable bonds is 6. The highest BCUT2D eigenvalue weighted by atomic mass is 16.7. The van der Waals surface area contributed by atoms with Crippen molar-refractivity contribution in [1.82, 2.24) is 5.32 Å². The Kier molecular flexibility index (Phi) is 5.65. The summed E-state index contributed by atoms with van der Waals surface area (Å²) in [5, 5.41) is 3.32. The molecule has 3 nitrogen and oxygen atoms in total. The van der Waals surface area contributed by atoms with E-state index >= 15 is 0 Å². The number of hydrogen-bond acceptors (Lipinski definition) is 3. The van der Waals surface area contributed by atoms with E-state index in [2.05, 4.69) is 36.5 Å². The van der Waals surface area contributed by atoms with E-state index in [0.717, 1.165) is 26.1 Å². The van der Waals surface area contributed by atoms with E-state index in [1.807, 2.05) is 0 Å². The molecule has 1 N–H and O–H groups in total. The zero-order valence-corrected chi connectivity index (χ0v) is 11.2. The van der Waals surface area contributed by atoms with Crippen molar-refractivity contribution in [3.05, 3.63) is 35.4 Å². The molecule has 1 saturated heterocycles. The Balaban J connectivity index is 1.75. The summed E-state index contributed by atoms with van der Waals surface area (Å²) in [4.78, 5) is 0. The van der Waals surface area contributed by atoms with Crippen LogP contribution < -0.4 is 5.32 Å². The molecule has 0 radical (unpaired) electrons. The van der Waals surface area contributed by atoms with Gasteiger partial charge in [-0.15, -0.1) is 0 Å². The van der Waals surface area contributed by atoms with Crippen LogP contribution in [0.4, 0.5) is 0 Å². The van der Waals surface area contributed by atoms with Crippen LogP contribution in [0.2, 0.25) is 0 Å². The van der Waals surface area contributed by atoms with E-state index < -0.39 is 0 Å². The van der Waals surface area contributed by atoms with Gasteiger partial charge in [0.1, 0.15) is 0 Å². The van der Waals surface area contributed by atoms with Gasteiger partial charge in [-0.25, -0.2) is 0 Å². The largest absolute Gasteiger partial charge is 0.353 e. The maximum atomic E-state index is 5.75. The second-order valence-electron chi connectivity index (χ2n) is 4.70. The van der Waals surface area contributed by atoms with Gasteiger partial charge < -0.3 is 14.8 Å². The Bertz CT molecular complexity index is 331. The van der Waals surface area contributed by atoms with Gasteiger partial charge in [-0.2, -0.15) is 0 Å². The molecule has 1 aromatic carbocycles. The van der Waals surface area contributed by atoms with Crippen LogP contribution >= 0.6 is 0 Å². The van der Waals surface area contributed by atoms with Crippen LogP contribution in [0.3, 0.4) is 0 Å². The molecule has 1 fully saturated rings. The number of nitrogens with one attached hydrogen (secondary N) is 1. The van der Waals surface area contributed by atoms with Crippen LogP contribution in [-0.4, -0.2) is 19.4 Å². The average molecular weight is 249 g/mol. The molecule has 3 heteroatoms. The molecule has 1 aliphatic heterocycles. The fraction of sp³-hybridized carbons (Fsp3) is 0.600. The van der Waals surface area contributed by atoms with Crippen molar-refractivity contribution in [1.29, 1.82) is 0 Å². The van der Waals surface area contributed by atoms with Crippen LogP contribution in [0.15, 0.2) is 24.3 Å². The zero-order valence-electron chi connectivity index (χ0n) is 11.2. The molecule has 0 saturated carbocycles. The van der Waals surface area contributed by atoms with Crippen LogP contribution in [0, 0.1) is 0 Å². The topological polar surface area (TPSA) is 30.5 Å². The minimum Gasteiger partial charge on any atom is -0.353 e. The van der Waals surface area contributed by atoms with Gasteiger partial charge in [-0.05, 0) is 36.9 Å². The van der Waals surface area contributed by atoms with Crippen molar-refractivity contribution in [2.75, 3.05) is 13.2 Å². The summed E-state index contributed by atoms with van der Waals surface area (Å²) in [5.41, 5.74) is 2.53. The molecule has 2 rings (SSSR count). The summed E-state index contributed by atoms with van der Waals surface area (Å²) < 4.78 is 11.3. The maximum absolute atomic E-state index is 5.75. The minimum absolute atomic E-state index is 0.000171. The second kappa shape index (κ2) is 7.52. The van der Waals surface area contributed by atoms with Gasteiger partial charge in [0, 0.05) is 13.2 Å². The van der Waals surface area contributed by atoms with E-state index in [0.29, 0.717) is 6.61 Å². The Hall–Kier alpha value is -0.900. The first-order valence-electron chi connectivity index (χ1n) is 6.90. The Morgan fingerprint density at radius 2 is 2.00 bits per heavy atom. The molecule has 100 valence electrons. The lowest BCUT2D eigenvalue weighted by molar-refractivity contribution is -0.168. The van der Waals surface area contributed by atoms with E-state index in [9.17, 15) is 0 Å². The molecule has 1 aliphatic rings. The first-order chi connectivity index (χ1) is 8.88. The Morgan fingerprint density at radius 3 is 2.67 bits per heavy atom. The smallest absolute Gasteiger partial charge is 0.158 e. The van der Waals surface area contributed by atoms with E-state index in [1.165, 1.54) is 24.0 Å². The van der Waals surface area contributed by atoms with Gasteiger partial charge in [-0.3, -0.25) is 0 Å². The summed E-state index contributed by atoms with van der Waals surface area (Å²) in [6.45, 7) is 5.54. The zero-order chi connectivity index (χ0) is 12.6. The molecule has 0 bridgehead atoms. The molecule has 0 amide bonds. The molecule has 18 heavy (non-hydrogen) atoms. The Morgan fingerprint density at radius 1 is 1.22 bits per heavy atom. The summed E-state index contributed by atoms with van der Waals surface area (Å²) in [6.07, 6.45) is 3.41. The molecule has 0 spiro atoms. The lowest BCUT2D eigenvalue weighted by atomic mass is 10.1. The molecule has 1 unspecified atom stereocenters. The number of benzene rings is 1. The van der Waals surface area contributed by atoms with Gasteiger partial charge in [0.25, 0.3) is 0 Å². The fourth-order valence-corrected chi connectivity index (χ4v) is 2.05. The van der Waals surface area contributed by atoms with Gasteiger partial charge in [0.15, 0.2) is 6.29 Å². The van der Waals surface area contributed by atoms with Gasteiger partial charge in [0.05, 0.1) is 6.61 Å². The average Bonchev–Trinajstić information content (AvgIpc) is 2.45. The first-order valence-corrected chi connectivity index (χ1v) is 6.90. The van der Waals surface area contributed by atoms with Crippen molar-refractivity contribution >= 4 is 0 Å². The van der Waals surface area contributed by atoms with Crippen molar-refractivity contribution in [3.8, 4) is 0 Å². The third-order valence-corrected chi connectivity index (χ3v) is 3.18. The second-order valence-corrected chi connectivity index (χ2v) is 4.70. The number of hydrogen-bond donors (Lipinski definition) is 1. The normalized spacial score (nSPS) is 19.9. The molecule has 0 aliphatic carbocycles. The lowest BCUT2D eigenvalue weighted by Gasteiger charge is -2.22. The predicted octanol–water partition coefficient (Wildman–Crippen LogP) is 2.84. The third kappa shape index (κ3) is 4.41. The quantitative estimate of drug-likeness (QED) is 0.841. The van der Waals surface area contributed by atoms with Gasteiger partial charge >= 0.3 is 0 Å². The van der Waals surface area contributed by atoms with Crippen molar-refractivity contribution < 1.29 is 9.47 Å². The van der Waals surface area contributed by atoms with Crippen LogP contribution in [0.5, 0.6) is 0 Å². The summed E-state index contributed by atoms with van der Waals surface area (Å²) in [7, 11) is 0. The third-order valence-electron chi connectivity index (χ3n) is 3.18. The molecule has 1 aromatic rings. The van der Waals surface area contributed by atoms with E-state index in [-0.39, 0.29) is 6.29 Å². The minimum atomic E-state index is 0.000171. The van der Waals surface area contributed by atoms with Crippen molar-refractivity contribution in [2.45, 2.75) is 45.6 Å². The molecular weight excluding hydrogens is 226 g/mol. The van der Waals surface area contributed by atoms with Crippen LogP contribution in [-0.2, 0) is 22.6 Å². The molecule has 1 atom stereocenters. The highest BCUT2D eigenvalue weighted by Crippen LogP contribution is 2.15. The highest BCUT2D eigenvalue weighted by Gasteiger charge is 2.13. The Labute approximate surface area is 109 Å². The molecule has 0 aromatic heterocycles. The summed E-state index contributed by atoms with van der Waals surface area (Å²) >= 11 is 0. The van der Waals surface area contributed by atoms with Crippen LogP contribution in [0.25, 0.3) is 0 Å². The van der Waals surface area contributed by atoms with Crippen molar-refractivity contribution in [3.63, 3.8) is 0 Å². The standard InChI is InChI=1S/C15H23NO2/c1-2-16-11-13-6-8-14(9-7-13)12-18-15-5-3-4-10-17-15/h6-9,15-16H,2-5,10-12H2,1H3. The molecule has 1 heterocycles. The van der Waals surface area contributed by atoms with Crippen molar-refractivity contribution in [2.24, 2.45) is 0 Å². The maximum Gasteiger partial charge on any atom is 0.158 e. The van der Waals surface area contributed by atoms with E-state index in [1.54, 1.807) is 0 Å². The number of ether oxygens (including phenoxy) is 2. The monoisotopic (exact) mass is 249 g/mol. The lowest BCUT2D eigenvalue weighted by Crippen LogP contribution is -2.22. The predicted molar refractivity (Wildman–Crippen MR) is 72.2 cm³/mol. The SMILES string of the molecule is CCNCc1ccc(COC2CCCCO2)cc1. The summed E-state index contributed by atoms with van der Waals surface area (Å²) in [6, 6.07) is 8.58. The van der Waals surface area contributed by atoms with E-state index in [4.69, 9.17) is 9.47 Å². The van der Waals surface area contributed by atoms with Gasteiger partial charge in [-0.1, -0.05) is 31.2 Å². The summed E-state index contributed by atoms with van der Waals surface area (Å²) in [5.74, 6) is 0. The highest BCUT2D eigenvalue weighted by molar-refractivity contribution is 5.21. The first kappa shape index (κ1) is 13.5. The molecular formula is C15H23NO2. The van der Waals surface area contributed by atoms with Crippen LogP contribution in [0.1, 0.15) is 37.3 Å². The fourth-order valence-electron chi connectivity index (χ4n) is 2.05.